The molecule has 5 rings (SSSR count). The summed E-state index contributed by atoms with van der Waals surface area (Å²) in [5, 5.41) is 33.4. The zero-order valence-electron chi connectivity index (χ0n) is 18.0. The highest BCUT2D eigenvalue weighted by atomic mass is 19.4. The van der Waals surface area contributed by atoms with Crippen LogP contribution in [0.2, 0.25) is 0 Å². The van der Waals surface area contributed by atoms with Crippen molar-refractivity contribution < 1.29 is 28.5 Å². The highest BCUT2D eigenvalue weighted by molar-refractivity contribution is 5.83. The number of fused-ring (bicyclic) bond motifs is 1. The third-order valence-electron chi connectivity index (χ3n) is 6.65. The molecule has 10 nitrogen and oxygen atoms in total. The molecule has 13 heteroatoms. The van der Waals surface area contributed by atoms with E-state index in [2.05, 4.69) is 25.3 Å². The third kappa shape index (κ3) is 4.03. The van der Waals surface area contributed by atoms with Crippen LogP contribution in [0.25, 0.3) is 11.2 Å². The van der Waals surface area contributed by atoms with Crippen molar-refractivity contribution in [3.63, 3.8) is 0 Å². The summed E-state index contributed by atoms with van der Waals surface area (Å²) in [6.45, 7) is 0.915. The largest absolute Gasteiger partial charge is 0.417 e. The molecule has 0 bridgehead atoms. The molecule has 0 aromatic carbocycles. The van der Waals surface area contributed by atoms with Crippen molar-refractivity contribution in [3.05, 3.63) is 36.5 Å². The second kappa shape index (κ2) is 8.64. The number of aromatic nitrogens is 5. The van der Waals surface area contributed by atoms with Gasteiger partial charge < -0.3 is 30.1 Å². The molecule has 182 valence electrons. The van der Waals surface area contributed by atoms with Crippen LogP contribution in [0.3, 0.4) is 0 Å². The average Bonchev–Trinajstić information content (AvgIpc) is 3.52. The molecule has 1 aliphatic heterocycles. The summed E-state index contributed by atoms with van der Waals surface area (Å²) in [6.07, 6.45) is -1.64. The van der Waals surface area contributed by atoms with E-state index in [1.807, 2.05) is 4.90 Å². The van der Waals surface area contributed by atoms with Gasteiger partial charge in [-0.1, -0.05) is 0 Å². The molecule has 4 heterocycles. The molecule has 5 atom stereocenters. The predicted molar refractivity (Wildman–Crippen MR) is 115 cm³/mol. The highest BCUT2D eigenvalue weighted by Gasteiger charge is 2.42. The minimum absolute atomic E-state index is 0.0370. The molecule has 3 aromatic heterocycles. The lowest BCUT2D eigenvalue weighted by atomic mass is 10.1. The van der Waals surface area contributed by atoms with Gasteiger partial charge in [0.05, 0.1) is 24.0 Å². The lowest BCUT2D eigenvalue weighted by molar-refractivity contribution is -0.137. The minimum Gasteiger partial charge on any atom is -0.396 e. The maximum Gasteiger partial charge on any atom is 0.417 e. The summed E-state index contributed by atoms with van der Waals surface area (Å²) >= 11 is 0. The molecule has 4 N–H and O–H groups in total. The van der Waals surface area contributed by atoms with Gasteiger partial charge in [-0.2, -0.15) is 13.2 Å². The van der Waals surface area contributed by atoms with Crippen LogP contribution in [0.1, 0.15) is 24.4 Å². The Balaban J connectivity index is 1.31. The summed E-state index contributed by atoms with van der Waals surface area (Å²) in [5.74, 6) is 0.546. The van der Waals surface area contributed by atoms with Crippen LogP contribution in [-0.4, -0.2) is 77.8 Å². The molecule has 1 aliphatic carbocycles. The van der Waals surface area contributed by atoms with E-state index in [9.17, 15) is 28.5 Å². The first kappa shape index (κ1) is 22.7. The topological polar surface area (TPSA) is 132 Å². The zero-order chi connectivity index (χ0) is 24.0. The van der Waals surface area contributed by atoms with E-state index in [1.165, 1.54) is 18.7 Å². The van der Waals surface area contributed by atoms with Crippen molar-refractivity contribution in [2.75, 3.05) is 29.9 Å². The first-order valence-electron chi connectivity index (χ1n) is 11.0. The van der Waals surface area contributed by atoms with Crippen LogP contribution in [0.5, 0.6) is 0 Å². The van der Waals surface area contributed by atoms with Crippen LogP contribution in [0.4, 0.5) is 24.8 Å². The Morgan fingerprint density at radius 1 is 1.09 bits per heavy atom. The van der Waals surface area contributed by atoms with Crippen LogP contribution in [0, 0.1) is 5.92 Å². The van der Waals surface area contributed by atoms with Crippen molar-refractivity contribution >= 4 is 22.8 Å². The van der Waals surface area contributed by atoms with Crippen molar-refractivity contribution in [3.8, 4) is 0 Å². The fourth-order valence-corrected chi connectivity index (χ4v) is 4.78. The van der Waals surface area contributed by atoms with Crippen molar-refractivity contribution in [1.29, 1.82) is 0 Å². The van der Waals surface area contributed by atoms with E-state index in [-0.39, 0.29) is 12.6 Å². The predicted octanol–water partition coefficient (Wildman–Crippen LogP) is 1.21. The third-order valence-corrected chi connectivity index (χ3v) is 6.65. The normalized spacial score (nSPS) is 27.6. The van der Waals surface area contributed by atoms with Crippen LogP contribution >= 0.6 is 0 Å². The van der Waals surface area contributed by atoms with Crippen LogP contribution < -0.4 is 10.2 Å². The van der Waals surface area contributed by atoms with Gasteiger partial charge in [0.1, 0.15) is 23.8 Å². The number of anilines is 2. The van der Waals surface area contributed by atoms with E-state index in [0.29, 0.717) is 42.3 Å². The molecule has 1 unspecified atom stereocenters. The maximum atomic E-state index is 12.8. The number of aliphatic hydroxyl groups is 3. The first-order chi connectivity index (χ1) is 16.3. The lowest BCUT2D eigenvalue weighted by Gasteiger charge is -2.19. The summed E-state index contributed by atoms with van der Waals surface area (Å²) < 4.78 is 40.1. The van der Waals surface area contributed by atoms with Gasteiger partial charge in [0.2, 0.25) is 0 Å². The summed E-state index contributed by atoms with van der Waals surface area (Å²) in [6, 6.07) is 1.88. The van der Waals surface area contributed by atoms with Gasteiger partial charge in [-0.25, -0.2) is 19.9 Å². The van der Waals surface area contributed by atoms with Crippen LogP contribution in [-0.2, 0) is 6.18 Å². The lowest BCUT2D eigenvalue weighted by Crippen LogP contribution is -2.30. The molecule has 34 heavy (non-hydrogen) atoms. The number of nitrogens with one attached hydrogen (secondary N) is 1. The van der Waals surface area contributed by atoms with Crippen molar-refractivity contribution in [1.82, 2.24) is 24.5 Å². The van der Waals surface area contributed by atoms with E-state index in [1.54, 1.807) is 4.57 Å². The Labute approximate surface area is 192 Å². The molecule has 1 saturated carbocycles. The molecule has 2 aliphatic rings. The van der Waals surface area contributed by atoms with E-state index >= 15 is 0 Å². The fourth-order valence-electron chi connectivity index (χ4n) is 4.78. The molecule has 3 aromatic rings. The molecule has 0 amide bonds. The van der Waals surface area contributed by atoms with Gasteiger partial charge in [0.25, 0.3) is 0 Å². The number of imidazole rings is 1. The van der Waals surface area contributed by atoms with Crippen LogP contribution in [0.15, 0.2) is 31.0 Å². The number of rotatable bonds is 5. The smallest absolute Gasteiger partial charge is 0.396 e. The molecule has 2 fully saturated rings. The Bertz CT molecular complexity index is 1160. The minimum atomic E-state index is -4.42. The Morgan fingerprint density at radius 3 is 2.59 bits per heavy atom. The van der Waals surface area contributed by atoms with Gasteiger partial charge in [-0.15, -0.1) is 0 Å². The molecule has 0 spiro atoms. The van der Waals surface area contributed by atoms with Crippen molar-refractivity contribution in [2.24, 2.45) is 5.92 Å². The summed E-state index contributed by atoms with van der Waals surface area (Å²) in [4.78, 5) is 18.9. The molecular weight excluding hydrogens is 455 g/mol. The van der Waals surface area contributed by atoms with Gasteiger partial charge in [-0.3, -0.25) is 0 Å². The SMILES string of the molecule is OC[C@H]1CC(n2cnc3c(N[C@H]4CCN(c5ccc(C(F)(F)F)cn5)C4)ncnc32)[C@H](O)[C@@H]1O. The number of halogens is 3. The second-order valence-electron chi connectivity index (χ2n) is 8.75. The van der Waals surface area contributed by atoms with Gasteiger partial charge in [-0.05, 0) is 25.0 Å². The van der Waals surface area contributed by atoms with Gasteiger partial charge in [0, 0.05) is 37.9 Å². The number of hydrogen-bond acceptors (Lipinski definition) is 9. The van der Waals surface area contributed by atoms with Gasteiger partial charge >= 0.3 is 6.18 Å². The summed E-state index contributed by atoms with van der Waals surface area (Å²) in [7, 11) is 0. The Kier molecular flexibility index (Phi) is 5.78. The quantitative estimate of drug-likeness (QED) is 0.426. The highest BCUT2D eigenvalue weighted by Crippen LogP contribution is 2.37. The number of aliphatic hydroxyl groups excluding tert-OH is 3. The Hall–Kier alpha value is -3.03. The standard InChI is InChI=1S/C21H24F3N7O3/c22-21(23,24)12-1-2-15(25-6-12)30-4-3-13(7-30)29-19-16-20(27-9-26-19)31(10-28-16)14-5-11(8-32)17(33)18(14)34/h1-2,6,9-11,13-14,17-18,32-34H,3-5,7-8H2,(H,26,27,29)/t11-,13+,14?,17-,18+/m1/s1. The number of nitrogens with zero attached hydrogens (tertiary/aromatic N) is 6. The Morgan fingerprint density at radius 2 is 1.91 bits per heavy atom. The number of alkyl halides is 3. The maximum absolute atomic E-state index is 12.8. The van der Waals surface area contributed by atoms with Gasteiger partial charge in [0.15, 0.2) is 11.5 Å². The first-order valence-corrected chi connectivity index (χ1v) is 11.0. The molecular formula is C21H24F3N7O3. The summed E-state index contributed by atoms with van der Waals surface area (Å²) in [5.41, 5.74) is 0.212. The zero-order valence-corrected chi connectivity index (χ0v) is 18.0. The number of hydrogen-bond donors (Lipinski definition) is 4. The monoisotopic (exact) mass is 479 g/mol. The number of pyridine rings is 1. The van der Waals surface area contributed by atoms with Crippen molar-refractivity contribution in [2.45, 2.75) is 43.3 Å². The van der Waals surface area contributed by atoms with E-state index in [4.69, 9.17) is 0 Å². The van der Waals surface area contributed by atoms with E-state index < -0.39 is 35.9 Å². The molecule has 0 radical (unpaired) electrons. The molecule has 1 saturated heterocycles. The second-order valence-corrected chi connectivity index (χ2v) is 8.75. The average molecular weight is 479 g/mol. The van der Waals surface area contributed by atoms with E-state index in [0.717, 1.165) is 18.7 Å². The fraction of sp³-hybridized carbons (Fsp3) is 0.524.